The molecule has 0 radical (unpaired) electrons. The highest BCUT2D eigenvalue weighted by Crippen LogP contribution is 2.15. The Bertz CT molecular complexity index is 491. The predicted molar refractivity (Wildman–Crippen MR) is 95.0 cm³/mol. The number of aryl methyl sites for hydroxylation is 2. The largest absolute Gasteiger partial charge is 0.381 e. The van der Waals surface area contributed by atoms with E-state index in [1.54, 1.807) is 0 Å². The van der Waals surface area contributed by atoms with E-state index in [0.717, 1.165) is 51.4 Å². The average Bonchev–Trinajstić information content (AvgIpc) is 2.50. The number of ether oxygens (including phenoxy) is 2. The quantitative estimate of drug-likeness (QED) is 0.461. The average molecular weight is 319 g/mol. The van der Waals surface area contributed by atoms with E-state index in [1.165, 1.54) is 11.1 Å². The van der Waals surface area contributed by atoms with Crippen LogP contribution in [0.25, 0.3) is 0 Å². The van der Waals surface area contributed by atoms with Crippen molar-refractivity contribution in [1.82, 2.24) is 0 Å². The number of nitrogens with zero attached hydrogens (tertiary/aromatic N) is 1. The zero-order chi connectivity index (χ0) is 16.5. The molecule has 5 heteroatoms. The minimum Gasteiger partial charge on any atom is -0.381 e. The predicted octanol–water partition coefficient (Wildman–Crippen LogP) is 2.86. The summed E-state index contributed by atoms with van der Waals surface area (Å²) < 4.78 is 11.1. The van der Waals surface area contributed by atoms with Crippen LogP contribution in [0.5, 0.6) is 0 Å². The number of nitrogens with two attached hydrogens (primary N) is 1. The van der Waals surface area contributed by atoms with Gasteiger partial charge in [-0.05, 0) is 62.3 Å². The SMILES string of the molecule is Cc1cc(C)cc(NC(N)=NCCCOCC2CCOCC2)c1. The summed E-state index contributed by atoms with van der Waals surface area (Å²) in [5.74, 6) is 1.11. The van der Waals surface area contributed by atoms with Gasteiger partial charge < -0.3 is 20.5 Å². The van der Waals surface area contributed by atoms with Gasteiger partial charge >= 0.3 is 0 Å². The van der Waals surface area contributed by atoms with Crippen LogP contribution in [0.1, 0.15) is 30.4 Å². The minimum atomic E-state index is 0.458. The number of hydrogen-bond acceptors (Lipinski definition) is 3. The van der Waals surface area contributed by atoms with Crippen molar-refractivity contribution in [2.75, 3.05) is 38.3 Å². The van der Waals surface area contributed by atoms with E-state index in [2.05, 4.69) is 42.4 Å². The molecule has 0 saturated carbocycles. The molecule has 0 aromatic heterocycles. The van der Waals surface area contributed by atoms with Crippen LogP contribution >= 0.6 is 0 Å². The van der Waals surface area contributed by atoms with Crippen LogP contribution in [0.2, 0.25) is 0 Å². The van der Waals surface area contributed by atoms with Gasteiger partial charge in [-0.25, -0.2) is 0 Å². The number of aliphatic imine (C=N–C) groups is 1. The lowest BCUT2D eigenvalue weighted by atomic mass is 10.0. The number of benzene rings is 1. The molecule has 0 amide bonds. The fourth-order valence-corrected chi connectivity index (χ4v) is 2.76. The molecule has 0 spiro atoms. The molecule has 0 atom stereocenters. The van der Waals surface area contributed by atoms with E-state index < -0.39 is 0 Å². The van der Waals surface area contributed by atoms with Crippen molar-refractivity contribution in [1.29, 1.82) is 0 Å². The second kappa shape index (κ2) is 9.53. The van der Waals surface area contributed by atoms with E-state index in [-0.39, 0.29) is 0 Å². The van der Waals surface area contributed by atoms with E-state index in [0.29, 0.717) is 18.4 Å². The highest BCUT2D eigenvalue weighted by Gasteiger charge is 2.13. The summed E-state index contributed by atoms with van der Waals surface area (Å²) >= 11 is 0. The third-order valence-corrected chi connectivity index (χ3v) is 3.92. The Morgan fingerprint density at radius 3 is 2.65 bits per heavy atom. The molecule has 0 aliphatic carbocycles. The van der Waals surface area contributed by atoms with Crippen molar-refractivity contribution in [3.8, 4) is 0 Å². The summed E-state index contributed by atoms with van der Waals surface area (Å²) in [4.78, 5) is 4.35. The first-order valence-corrected chi connectivity index (χ1v) is 8.44. The van der Waals surface area contributed by atoms with Crippen molar-refractivity contribution >= 4 is 11.6 Å². The topological polar surface area (TPSA) is 68.9 Å². The third-order valence-electron chi connectivity index (χ3n) is 3.92. The first-order valence-electron chi connectivity index (χ1n) is 8.44. The Labute approximate surface area is 139 Å². The Hall–Kier alpha value is -1.59. The van der Waals surface area contributed by atoms with Gasteiger partial charge in [0.25, 0.3) is 0 Å². The maximum absolute atomic E-state index is 5.92. The first kappa shape index (κ1) is 17.8. The van der Waals surface area contributed by atoms with Crippen LogP contribution in [0.4, 0.5) is 5.69 Å². The number of hydrogen-bond donors (Lipinski definition) is 2. The van der Waals surface area contributed by atoms with Crippen LogP contribution in [-0.4, -0.2) is 38.9 Å². The number of nitrogens with one attached hydrogen (secondary N) is 1. The molecule has 1 saturated heterocycles. The second-order valence-electron chi connectivity index (χ2n) is 6.25. The van der Waals surface area contributed by atoms with Gasteiger partial charge in [-0.1, -0.05) is 6.07 Å². The van der Waals surface area contributed by atoms with Crippen LogP contribution in [0, 0.1) is 19.8 Å². The fraction of sp³-hybridized carbons (Fsp3) is 0.611. The summed E-state index contributed by atoms with van der Waals surface area (Å²) in [5.41, 5.74) is 9.33. The summed E-state index contributed by atoms with van der Waals surface area (Å²) in [5, 5.41) is 3.14. The molecule has 23 heavy (non-hydrogen) atoms. The van der Waals surface area contributed by atoms with Crippen LogP contribution in [0.3, 0.4) is 0 Å². The number of guanidine groups is 1. The third kappa shape index (κ3) is 7.01. The zero-order valence-corrected chi connectivity index (χ0v) is 14.3. The molecule has 1 aromatic carbocycles. The normalized spacial score (nSPS) is 16.5. The van der Waals surface area contributed by atoms with Crippen LogP contribution < -0.4 is 11.1 Å². The highest BCUT2D eigenvalue weighted by molar-refractivity contribution is 5.92. The standard InChI is InChI=1S/C18H29N3O2/c1-14-10-15(2)12-17(11-14)21-18(19)20-6-3-7-23-13-16-4-8-22-9-5-16/h10-12,16H,3-9,13H2,1-2H3,(H3,19,20,21). The van der Waals surface area contributed by atoms with E-state index >= 15 is 0 Å². The van der Waals surface area contributed by atoms with Crippen molar-refractivity contribution in [3.63, 3.8) is 0 Å². The lowest BCUT2D eigenvalue weighted by molar-refractivity contribution is 0.0205. The summed E-state index contributed by atoms with van der Waals surface area (Å²) in [7, 11) is 0. The lowest BCUT2D eigenvalue weighted by Crippen LogP contribution is -2.23. The molecule has 1 fully saturated rings. The van der Waals surface area contributed by atoms with Crippen LogP contribution in [0.15, 0.2) is 23.2 Å². The number of rotatable bonds is 7. The summed E-state index contributed by atoms with van der Waals surface area (Å²) in [6, 6.07) is 6.26. The summed E-state index contributed by atoms with van der Waals surface area (Å²) in [6.07, 6.45) is 3.12. The van der Waals surface area contributed by atoms with E-state index in [9.17, 15) is 0 Å². The maximum atomic E-state index is 5.92. The van der Waals surface area contributed by atoms with Gasteiger partial charge in [0.15, 0.2) is 5.96 Å². The Morgan fingerprint density at radius 2 is 1.96 bits per heavy atom. The molecular formula is C18H29N3O2. The minimum absolute atomic E-state index is 0.458. The molecule has 1 aromatic rings. The molecule has 2 rings (SSSR count). The molecule has 1 heterocycles. The van der Waals surface area contributed by atoms with Crippen LogP contribution in [-0.2, 0) is 9.47 Å². The molecule has 128 valence electrons. The van der Waals surface area contributed by atoms with Gasteiger partial charge in [0.05, 0.1) is 0 Å². The monoisotopic (exact) mass is 319 g/mol. The van der Waals surface area contributed by atoms with Gasteiger partial charge in [0.2, 0.25) is 0 Å². The van der Waals surface area contributed by atoms with Gasteiger partial charge in [-0.15, -0.1) is 0 Å². The summed E-state index contributed by atoms with van der Waals surface area (Å²) in [6.45, 7) is 8.14. The maximum Gasteiger partial charge on any atom is 0.193 e. The Kier molecular flexibility index (Phi) is 7.36. The van der Waals surface area contributed by atoms with Crippen molar-refractivity contribution in [2.45, 2.75) is 33.1 Å². The van der Waals surface area contributed by atoms with Crippen molar-refractivity contribution in [2.24, 2.45) is 16.6 Å². The molecule has 0 bridgehead atoms. The molecule has 1 aliphatic heterocycles. The van der Waals surface area contributed by atoms with Crippen molar-refractivity contribution in [3.05, 3.63) is 29.3 Å². The second-order valence-corrected chi connectivity index (χ2v) is 6.25. The molecule has 5 nitrogen and oxygen atoms in total. The molecule has 1 aliphatic rings. The zero-order valence-electron chi connectivity index (χ0n) is 14.3. The lowest BCUT2D eigenvalue weighted by Gasteiger charge is -2.21. The highest BCUT2D eigenvalue weighted by atomic mass is 16.5. The van der Waals surface area contributed by atoms with Gasteiger partial charge in [-0.2, -0.15) is 0 Å². The van der Waals surface area contributed by atoms with Gasteiger partial charge in [0, 0.05) is 38.7 Å². The molecule has 0 unspecified atom stereocenters. The Balaban J connectivity index is 1.61. The van der Waals surface area contributed by atoms with Gasteiger partial charge in [-0.3, -0.25) is 4.99 Å². The van der Waals surface area contributed by atoms with E-state index in [1.807, 2.05) is 0 Å². The Morgan fingerprint density at radius 1 is 1.26 bits per heavy atom. The smallest absolute Gasteiger partial charge is 0.193 e. The van der Waals surface area contributed by atoms with Crippen molar-refractivity contribution < 1.29 is 9.47 Å². The number of anilines is 1. The first-order chi connectivity index (χ1) is 11.1. The van der Waals surface area contributed by atoms with Gasteiger partial charge in [0.1, 0.15) is 0 Å². The molecular weight excluding hydrogens is 290 g/mol. The fourth-order valence-electron chi connectivity index (χ4n) is 2.76. The van der Waals surface area contributed by atoms with E-state index in [4.69, 9.17) is 15.2 Å². The molecule has 3 N–H and O–H groups in total.